The quantitative estimate of drug-likeness (QED) is 0.765. The molecule has 0 atom stereocenters. The highest BCUT2D eigenvalue weighted by molar-refractivity contribution is 5.79. The van der Waals surface area contributed by atoms with Crippen LogP contribution in [0.15, 0.2) is 49.0 Å². The third-order valence-electron chi connectivity index (χ3n) is 2.70. The monoisotopic (exact) mass is 226 g/mol. The molecule has 2 aromatic rings. The van der Waals surface area contributed by atoms with E-state index in [0.717, 1.165) is 11.1 Å². The average Bonchev–Trinajstić information content (AvgIpc) is 2.33. The van der Waals surface area contributed by atoms with Crippen LogP contribution < -0.4 is 0 Å². The smallest absolute Gasteiger partial charge is 0.166 e. The Bertz CT molecular complexity index is 557. The molecular weight excluding hydrogens is 212 g/mol. The summed E-state index contributed by atoms with van der Waals surface area (Å²) < 4.78 is 0. The second-order valence-corrected chi connectivity index (χ2v) is 4.00. The number of hydrogen-bond acceptors (Lipinski definition) is 2. The summed E-state index contributed by atoms with van der Waals surface area (Å²) in [6, 6.07) is 13.0. The molecule has 0 saturated carbocycles. The van der Waals surface area contributed by atoms with Crippen molar-refractivity contribution in [3.8, 4) is 22.6 Å². The highest BCUT2D eigenvalue weighted by Gasteiger charge is 2.12. The van der Waals surface area contributed by atoms with Crippen molar-refractivity contribution in [2.75, 3.05) is 0 Å². The van der Waals surface area contributed by atoms with Crippen molar-refractivity contribution < 1.29 is 10.2 Å². The fraction of sp³-hybridized carbons (Fsp3) is 0.0667. The number of hydrogen-bond donors (Lipinski definition) is 2. The Morgan fingerprint density at radius 2 is 1.59 bits per heavy atom. The first kappa shape index (κ1) is 11.3. The molecule has 0 amide bonds. The molecular formula is C15H14O2. The van der Waals surface area contributed by atoms with Crippen molar-refractivity contribution in [1.29, 1.82) is 0 Å². The Morgan fingerprint density at radius 1 is 0.941 bits per heavy atom. The molecule has 0 aromatic heterocycles. The van der Waals surface area contributed by atoms with Crippen molar-refractivity contribution in [3.05, 3.63) is 54.6 Å². The Kier molecular flexibility index (Phi) is 2.88. The van der Waals surface area contributed by atoms with Crippen LogP contribution in [0.5, 0.6) is 11.5 Å². The fourth-order valence-electron chi connectivity index (χ4n) is 1.77. The molecule has 0 heterocycles. The molecule has 2 N–H and O–H groups in total. The van der Waals surface area contributed by atoms with Gasteiger partial charge in [-0.15, -0.1) is 0 Å². The number of phenolic OH excluding ortho intramolecular Hbond substituents is 2. The lowest BCUT2D eigenvalue weighted by Crippen LogP contribution is -1.85. The molecule has 0 aliphatic carbocycles. The Morgan fingerprint density at radius 3 is 2.18 bits per heavy atom. The standard InChI is InChI=1S/C15H14O2/c1-10(2)12-8-9-13(15(17)14(12)16)11-6-4-3-5-7-11/h3-9,16-17H,1H2,2H3. The van der Waals surface area contributed by atoms with Gasteiger partial charge < -0.3 is 10.2 Å². The number of allylic oxidation sites excluding steroid dienone is 1. The summed E-state index contributed by atoms with van der Waals surface area (Å²) in [6.45, 7) is 5.55. The molecule has 0 aliphatic rings. The van der Waals surface area contributed by atoms with E-state index in [-0.39, 0.29) is 11.5 Å². The Hall–Kier alpha value is -2.22. The van der Waals surface area contributed by atoms with Crippen LogP contribution >= 0.6 is 0 Å². The van der Waals surface area contributed by atoms with Gasteiger partial charge in [0, 0.05) is 11.1 Å². The predicted molar refractivity (Wildman–Crippen MR) is 69.9 cm³/mol. The van der Waals surface area contributed by atoms with Gasteiger partial charge in [-0.1, -0.05) is 43.0 Å². The summed E-state index contributed by atoms with van der Waals surface area (Å²) in [4.78, 5) is 0. The minimum atomic E-state index is -0.112. The van der Waals surface area contributed by atoms with E-state index in [9.17, 15) is 10.2 Å². The average molecular weight is 226 g/mol. The minimum absolute atomic E-state index is 0.100. The van der Waals surface area contributed by atoms with Crippen LogP contribution in [0.3, 0.4) is 0 Å². The number of rotatable bonds is 2. The molecule has 0 unspecified atom stereocenters. The molecule has 0 saturated heterocycles. The van der Waals surface area contributed by atoms with Gasteiger partial charge >= 0.3 is 0 Å². The van der Waals surface area contributed by atoms with E-state index >= 15 is 0 Å². The maximum Gasteiger partial charge on any atom is 0.166 e. The van der Waals surface area contributed by atoms with Gasteiger partial charge in [0.1, 0.15) is 0 Å². The molecule has 0 fully saturated rings. The highest BCUT2D eigenvalue weighted by atomic mass is 16.3. The first-order valence-corrected chi connectivity index (χ1v) is 5.37. The van der Waals surface area contributed by atoms with E-state index in [2.05, 4.69) is 6.58 Å². The van der Waals surface area contributed by atoms with Crippen molar-refractivity contribution in [1.82, 2.24) is 0 Å². The van der Waals surface area contributed by atoms with Gasteiger partial charge in [0.05, 0.1) is 0 Å². The first-order valence-electron chi connectivity index (χ1n) is 5.37. The van der Waals surface area contributed by atoms with Crippen LogP contribution in [0.1, 0.15) is 12.5 Å². The number of phenols is 2. The first-order chi connectivity index (χ1) is 8.11. The largest absolute Gasteiger partial charge is 0.504 e. The molecule has 2 heteroatoms. The van der Waals surface area contributed by atoms with Crippen molar-refractivity contribution >= 4 is 5.57 Å². The van der Waals surface area contributed by atoms with Crippen LogP contribution in [-0.2, 0) is 0 Å². The van der Waals surface area contributed by atoms with Gasteiger partial charge in [-0.05, 0) is 24.1 Å². The van der Waals surface area contributed by atoms with Crippen molar-refractivity contribution in [3.63, 3.8) is 0 Å². The zero-order chi connectivity index (χ0) is 12.4. The molecule has 17 heavy (non-hydrogen) atoms. The van der Waals surface area contributed by atoms with E-state index in [1.54, 1.807) is 19.1 Å². The Labute approximate surface area is 100 Å². The second kappa shape index (κ2) is 4.34. The molecule has 2 rings (SSSR count). The van der Waals surface area contributed by atoms with E-state index < -0.39 is 0 Å². The van der Waals surface area contributed by atoms with Gasteiger partial charge in [0.15, 0.2) is 11.5 Å². The van der Waals surface area contributed by atoms with Crippen LogP contribution in [-0.4, -0.2) is 10.2 Å². The summed E-state index contributed by atoms with van der Waals surface area (Å²) in [5.74, 6) is -0.212. The minimum Gasteiger partial charge on any atom is -0.504 e. The predicted octanol–water partition coefficient (Wildman–Crippen LogP) is 3.80. The summed E-state index contributed by atoms with van der Waals surface area (Å²) in [6.07, 6.45) is 0. The van der Waals surface area contributed by atoms with E-state index in [1.807, 2.05) is 30.3 Å². The molecule has 0 bridgehead atoms. The lowest BCUT2D eigenvalue weighted by atomic mass is 9.99. The molecule has 2 nitrogen and oxygen atoms in total. The summed E-state index contributed by atoms with van der Waals surface area (Å²) in [5.41, 5.74) is 2.78. The van der Waals surface area contributed by atoms with Crippen LogP contribution in [0.2, 0.25) is 0 Å². The molecule has 0 radical (unpaired) electrons. The zero-order valence-corrected chi connectivity index (χ0v) is 9.64. The van der Waals surface area contributed by atoms with Gasteiger partial charge in [-0.2, -0.15) is 0 Å². The zero-order valence-electron chi connectivity index (χ0n) is 9.64. The topological polar surface area (TPSA) is 40.5 Å². The lowest BCUT2D eigenvalue weighted by molar-refractivity contribution is 0.404. The van der Waals surface area contributed by atoms with Crippen LogP contribution in [0.4, 0.5) is 0 Å². The van der Waals surface area contributed by atoms with E-state index in [1.165, 1.54) is 0 Å². The lowest BCUT2D eigenvalue weighted by Gasteiger charge is -2.10. The van der Waals surface area contributed by atoms with Crippen molar-refractivity contribution in [2.45, 2.75) is 6.92 Å². The SMILES string of the molecule is C=C(C)c1ccc(-c2ccccc2)c(O)c1O. The summed E-state index contributed by atoms with van der Waals surface area (Å²) >= 11 is 0. The van der Waals surface area contributed by atoms with Gasteiger partial charge in [0.2, 0.25) is 0 Å². The number of benzene rings is 2. The van der Waals surface area contributed by atoms with Crippen LogP contribution in [0, 0.1) is 0 Å². The third-order valence-corrected chi connectivity index (χ3v) is 2.70. The molecule has 0 spiro atoms. The van der Waals surface area contributed by atoms with Gasteiger partial charge in [-0.25, -0.2) is 0 Å². The summed E-state index contributed by atoms with van der Waals surface area (Å²) in [7, 11) is 0. The van der Waals surface area contributed by atoms with Gasteiger partial charge in [0.25, 0.3) is 0 Å². The second-order valence-electron chi connectivity index (χ2n) is 4.00. The van der Waals surface area contributed by atoms with E-state index in [4.69, 9.17) is 0 Å². The van der Waals surface area contributed by atoms with Gasteiger partial charge in [-0.3, -0.25) is 0 Å². The molecule has 2 aromatic carbocycles. The maximum atomic E-state index is 9.99. The van der Waals surface area contributed by atoms with Crippen LogP contribution in [0.25, 0.3) is 16.7 Å². The van der Waals surface area contributed by atoms with E-state index in [0.29, 0.717) is 11.1 Å². The summed E-state index contributed by atoms with van der Waals surface area (Å²) in [5, 5.41) is 19.9. The maximum absolute atomic E-state index is 9.99. The molecule has 0 aliphatic heterocycles. The fourth-order valence-corrected chi connectivity index (χ4v) is 1.77. The van der Waals surface area contributed by atoms with Crippen molar-refractivity contribution in [2.24, 2.45) is 0 Å². The third kappa shape index (κ3) is 2.02. The number of aromatic hydroxyl groups is 2. The highest BCUT2D eigenvalue weighted by Crippen LogP contribution is 2.40. The molecule has 86 valence electrons. The normalized spacial score (nSPS) is 10.2. The Balaban J connectivity index is 2.60.